The number of methoxy groups -OCH3 is 2. The molecule has 1 aliphatic rings. The first-order chi connectivity index (χ1) is 13.3. The van der Waals surface area contributed by atoms with Crippen molar-refractivity contribution in [2.75, 3.05) is 25.7 Å². The van der Waals surface area contributed by atoms with E-state index in [9.17, 15) is 13.2 Å². The summed E-state index contributed by atoms with van der Waals surface area (Å²) in [4.78, 5) is 14.8. The van der Waals surface area contributed by atoms with E-state index in [0.29, 0.717) is 28.5 Å². The van der Waals surface area contributed by atoms with Crippen molar-refractivity contribution in [3.05, 3.63) is 58.6 Å². The Morgan fingerprint density at radius 1 is 1.14 bits per heavy atom. The summed E-state index contributed by atoms with van der Waals surface area (Å²) in [5.41, 5.74) is 1.25. The lowest BCUT2D eigenvalue weighted by molar-refractivity contribution is 0.0680. The molecule has 150 valence electrons. The Balaban J connectivity index is 1.94. The third kappa shape index (κ3) is 4.59. The number of halogens is 1. The van der Waals surface area contributed by atoms with Crippen LogP contribution in [0.5, 0.6) is 11.5 Å². The third-order valence-corrected chi connectivity index (χ3v) is 6.77. The molecular formula is C20H22ClNO5S. The van der Waals surface area contributed by atoms with Gasteiger partial charge in [-0.2, -0.15) is 0 Å². The van der Waals surface area contributed by atoms with Crippen molar-refractivity contribution in [2.24, 2.45) is 0 Å². The van der Waals surface area contributed by atoms with Gasteiger partial charge in [0, 0.05) is 23.2 Å². The van der Waals surface area contributed by atoms with Crippen LogP contribution >= 0.6 is 11.6 Å². The Bertz CT molecular complexity index is 976. The Kier molecular flexibility index (Phi) is 6.15. The molecule has 6 nitrogen and oxygen atoms in total. The monoisotopic (exact) mass is 423 g/mol. The number of hydrogen-bond acceptors (Lipinski definition) is 5. The molecule has 1 saturated heterocycles. The fraction of sp³-hybridized carbons (Fsp3) is 0.350. The van der Waals surface area contributed by atoms with E-state index in [4.69, 9.17) is 21.1 Å². The molecule has 1 aliphatic heterocycles. The summed E-state index contributed by atoms with van der Waals surface area (Å²) in [7, 11) is -0.0516. The van der Waals surface area contributed by atoms with Crippen LogP contribution in [0.1, 0.15) is 22.3 Å². The van der Waals surface area contributed by atoms with Crippen LogP contribution < -0.4 is 9.47 Å². The highest BCUT2D eigenvalue weighted by Crippen LogP contribution is 2.30. The molecule has 8 heteroatoms. The van der Waals surface area contributed by atoms with E-state index in [-0.39, 0.29) is 30.0 Å². The van der Waals surface area contributed by atoms with Crippen LogP contribution in [0.25, 0.3) is 0 Å². The zero-order valence-corrected chi connectivity index (χ0v) is 17.3. The summed E-state index contributed by atoms with van der Waals surface area (Å²) in [6, 6.07) is 11.7. The van der Waals surface area contributed by atoms with Gasteiger partial charge >= 0.3 is 0 Å². The molecular weight excluding hydrogens is 402 g/mol. The predicted molar refractivity (Wildman–Crippen MR) is 108 cm³/mol. The van der Waals surface area contributed by atoms with E-state index in [1.54, 1.807) is 55.5 Å². The molecule has 2 aromatic rings. The average Bonchev–Trinajstić information content (AvgIpc) is 3.04. The SMILES string of the molecule is COc1ccc(CN(C(=O)c2cccc(Cl)c2)[C@@H]2CCS(=O)(=O)C2)cc1OC. The van der Waals surface area contributed by atoms with E-state index in [1.807, 2.05) is 6.07 Å². The summed E-state index contributed by atoms with van der Waals surface area (Å²) < 4.78 is 34.6. The molecule has 1 fully saturated rings. The molecule has 0 spiro atoms. The second-order valence-electron chi connectivity index (χ2n) is 6.69. The molecule has 0 N–H and O–H groups in total. The Morgan fingerprint density at radius 2 is 1.89 bits per heavy atom. The number of carbonyl (C=O) groups is 1. The highest BCUT2D eigenvalue weighted by atomic mass is 35.5. The van der Waals surface area contributed by atoms with Crippen LogP contribution in [0, 0.1) is 0 Å². The summed E-state index contributed by atoms with van der Waals surface area (Å²) in [6.07, 6.45) is 0.419. The number of hydrogen-bond donors (Lipinski definition) is 0. The number of nitrogens with zero attached hydrogens (tertiary/aromatic N) is 1. The summed E-state index contributed by atoms with van der Waals surface area (Å²) >= 11 is 6.03. The van der Waals surface area contributed by atoms with Crippen molar-refractivity contribution in [1.29, 1.82) is 0 Å². The first kappa shape index (κ1) is 20.5. The molecule has 0 unspecified atom stereocenters. The highest BCUT2D eigenvalue weighted by Gasteiger charge is 2.35. The second-order valence-corrected chi connectivity index (χ2v) is 9.35. The summed E-state index contributed by atoms with van der Waals surface area (Å²) in [5, 5.41) is 0.455. The normalized spacial score (nSPS) is 17.9. The maximum atomic E-state index is 13.2. The standard InChI is InChI=1S/C20H22ClNO5S/c1-26-18-7-6-14(10-19(18)27-2)12-22(17-8-9-28(24,25)13-17)20(23)15-4-3-5-16(21)11-15/h3-7,10-11,17H,8-9,12-13H2,1-2H3/t17-/m1/s1. The van der Waals surface area contributed by atoms with E-state index in [2.05, 4.69) is 0 Å². The molecule has 0 saturated carbocycles. The summed E-state index contributed by atoms with van der Waals surface area (Å²) in [5.74, 6) is 0.936. The van der Waals surface area contributed by atoms with Crippen molar-refractivity contribution in [3.8, 4) is 11.5 Å². The zero-order chi connectivity index (χ0) is 20.3. The number of ether oxygens (including phenoxy) is 2. The lowest BCUT2D eigenvalue weighted by Gasteiger charge is -2.29. The van der Waals surface area contributed by atoms with Gasteiger partial charge in [-0.25, -0.2) is 8.42 Å². The van der Waals surface area contributed by atoms with Crippen LogP contribution in [0.15, 0.2) is 42.5 Å². The topological polar surface area (TPSA) is 72.9 Å². The maximum absolute atomic E-state index is 13.2. The van der Waals surface area contributed by atoms with E-state index in [1.165, 1.54) is 0 Å². The van der Waals surface area contributed by atoms with E-state index < -0.39 is 9.84 Å². The smallest absolute Gasteiger partial charge is 0.254 e. The molecule has 0 aliphatic carbocycles. The van der Waals surface area contributed by atoms with Gasteiger partial charge in [-0.15, -0.1) is 0 Å². The van der Waals surface area contributed by atoms with Gasteiger partial charge in [0.05, 0.1) is 25.7 Å². The van der Waals surface area contributed by atoms with E-state index in [0.717, 1.165) is 5.56 Å². The van der Waals surface area contributed by atoms with Crippen molar-refractivity contribution >= 4 is 27.3 Å². The van der Waals surface area contributed by atoms with E-state index >= 15 is 0 Å². The number of carbonyl (C=O) groups excluding carboxylic acids is 1. The fourth-order valence-corrected chi connectivity index (χ4v) is 5.27. The van der Waals surface area contributed by atoms with Gasteiger partial charge in [0.25, 0.3) is 5.91 Å². The van der Waals surface area contributed by atoms with Gasteiger partial charge in [-0.3, -0.25) is 4.79 Å². The van der Waals surface area contributed by atoms with Crippen molar-refractivity contribution in [3.63, 3.8) is 0 Å². The number of amides is 1. The minimum absolute atomic E-state index is 0.0351. The molecule has 3 rings (SSSR count). The molecule has 1 atom stereocenters. The maximum Gasteiger partial charge on any atom is 0.254 e. The fourth-order valence-electron chi connectivity index (χ4n) is 3.35. The molecule has 0 bridgehead atoms. The Labute approximate surface area is 169 Å². The predicted octanol–water partition coefficient (Wildman–Crippen LogP) is 3.19. The highest BCUT2D eigenvalue weighted by molar-refractivity contribution is 7.91. The third-order valence-electron chi connectivity index (χ3n) is 4.78. The first-order valence-corrected chi connectivity index (χ1v) is 11.0. The number of sulfone groups is 1. The van der Waals surface area contributed by atoms with Crippen LogP contribution in [0.3, 0.4) is 0 Å². The van der Waals surface area contributed by atoms with Gasteiger partial charge in [-0.05, 0) is 42.3 Å². The second kappa shape index (κ2) is 8.41. The largest absolute Gasteiger partial charge is 0.493 e. The van der Waals surface area contributed by atoms with Gasteiger partial charge in [-0.1, -0.05) is 23.7 Å². The lowest BCUT2D eigenvalue weighted by atomic mass is 10.1. The molecule has 1 amide bonds. The molecule has 0 aromatic heterocycles. The van der Waals surface area contributed by atoms with Crippen LogP contribution in [-0.4, -0.2) is 51.0 Å². The Morgan fingerprint density at radius 3 is 2.50 bits per heavy atom. The number of benzene rings is 2. The molecule has 28 heavy (non-hydrogen) atoms. The van der Waals surface area contributed by atoms with Crippen LogP contribution in [0.2, 0.25) is 5.02 Å². The molecule has 2 aromatic carbocycles. The number of rotatable bonds is 6. The molecule has 0 radical (unpaired) electrons. The first-order valence-electron chi connectivity index (χ1n) is 8.81. The minimum atomic E-state index is -3.14. The van der Waals surface area contributed by atoms with Crippen molar-refractivity contribution in [2.45, 2.75) is 19.0 Å². The van der Waals surface area contributed by atoms with Gasteiger partial charge in [0.1, 0.15) is 0 Å². The molecule has 1 heterocycles. The van der Waals surface area contributed by atoms with Crippen LogP contribution in [0.4, 0.5) is 0 Å². The minimum Gasteiger partial charge on any atom is -0.493 e. The lowest BCUT2D eigenvalue weighted by Crippen LogP contribution is -2.40. The summed E-state index contributed by atoms with van der Waals surface area (Å²) in [6.45, 7) is 0.256. The Hall–Kier alpha value is -2.25. The quantitative estimate of drug-likeness (QED) is 0.713. The van der Waals surface area contributed by atoms with Gasteiger partial charge in [0.15, 0.2) is 21.3 Å². The van der Waals surface area contributed by atoms with Crippen molar-refractivity contribution in [1.82, 2.24) is 4.90 Å². The zero-order valence-electron chi connectivity index (χ0n) is 15.7. The van der Waals surface area contributed by atoms with Gasteiger partial charge in [0.2, 0.25) is 0 Å². The average molecular weight is 424 g/mol. The van der Waals surface area contributed by atoms with Crippen LogP contribution in [-0.2, 0) is 16.4 Å². The van der Waals surface area contributed by atoms with Crippen molar-refractivity contribution < 1.29 is 22.7 Å². The van der Waals surface area contributed by atoms with Gasteiger partial charge < -0.3 is 14.4 Å².